The number of rotatable bonds is 7. The fourth-order valence-electron chi connectivity index (χ4n) is 3.88. The number of benzene rings is 3. The minimum atomic E-state index is -0.785. The fourth-order valence-corrected chi connectivity index (χ4v) is 3.88. The Balaban J connectivity index is 1.64. The number of methoxy groups -OCH3 is 2. The van der Waals surface area contributed by atoms with Crippen molar-refractivity contribution in [1.29, 1.82) is 0 Å². The van der Waals surface area contributed by atoms with Crippen LogP contribution in [0.3, 0.4) is 0 Å². The Morgan fingerprint density at radius 2 is 1.46 bits per heavy atom. The minimum absolute atomic E-state index is 0.0655. The van der Waals surface area contributed by atoms with Gasteiger partial charge in [-0.3, -0.25) is 9.59 Å². The third-order valence-corrected chi connectivity index (χ3v) is 5.53. The van der Waals surface area contributed by atoms with Gasteiger partial charge in [-0.25, -0.2) is 4.79 Å². The van der Waals surface area contributed by atoms with Gasteiger partial charge in [-0.05, 0) is 17.0 Å². The van der Waals surface area contributed by atoms with Gasteiger partial charge in [0.2, 0.25) is 0 Å². The lowest BCUT2D eigenvalue weighted by molar-refractivity contribution is -0.119. The van der Waals surface area contributed by atoms with Crippen LogP contribution < -0.4 is 20.3 Å². The van der Waals surface area contributed by atoms with E-state index in [2.05, 4.69) is 5.32 Å². The summed E-state index contributed by atoms with van der Waals surface area (Å²) in [5.74, 6) is -0.348. The van der Waals surface area contributed by atoms with Gasteiger partial charge in [-0.2, -0.15) is 0 Å². The van der Waals surface area contributed by atoms with Gasteiger partial charge < -0.3 is 24.1 Å². The lowest BCUT2D eigenvalue weighted by atomic mass is 9.97. The molecule has 0 radical (unpaired) electrons. The molecule has 8 heteroatoms. The molecular formula is C27H24N2O6. The predicted octanol–water partition coefficient (Wildman–Crippen LogP) is 4.02. The number of amides is 1. The first-order valence-electron chi connectivity index (χ1n) is 10.8. The van der Waals surface area contributed by atoms with Crippen molar-refractivity contribution in [3.63, 3.8) is 0 Å². The molecule has 0 fully saturated rings. The van der Waals surface area contributed by atoms with Gasteiger partial charge in [0.1, 0.15) is 17.2 Å². The SMILES string of the molecule is COc1cc(NC(=O)COC(=O)c2c(-c3ccccc3)c3ccccc3c(=O)n2C)cc(OC)c1. The molecule has 0 atom stereocenters. The van der Waals surface area contributed by atoms with Gasteiger partial charge in [0.15, 0.2) is 6.61 Å². The zero-order valence-electron chi connectivity index (χ0n) is 19.5. The number of ether oxygens (including phenoxy) is 3. The molecule has 8 nitrogen and oxygen atoms in total. The molecule has 0 unspecified atom stereocenters. The van der Waals surface area contributed by atoms with Gasteiger partial charge in [-0.1, -0.05) is 48.5 Å². The van der Waals surface area contributed by atoms with E-state index >= 15 is 0 Å². The molecule has 1 aromatic heterocycles. The highest BCUT2D eigenvalue weighted by molar-refractivity contribution is 6.07. The van der Waals surface area contributed by atoms with Crippen LogP contribution in [0.2, 0.25) is 0 Å². The number of esters is 1. The number of aromatic nitrogens is 1. The van der Waals surface area contributed by atoms with Crippen molar-refractivity contribution in [2.45, 2.75) is 0 Å². The van der Waals surface area contributed by atoms with Crippen molar-refractivity contribution >= 4 is 28.3 Å². The van der Waals surface area contributed by atoms with E-state index in [1.807, 2.05) is 30.3 Å². The summed E-state index contributed by atoms with van der Waals surface area (Å²) in [6.45, 7) is -0.548. The monoisotopic (exact) mass is 472 g/mol. The van der Waals surface area contributed by atoms with Crippen LogP contribution in [0.5, 0.6) is 11.5 Å². The minimum Gasteiger partial charge on any atom is -0.497 e. The Labute approximate surface area is 201 Å². The number of hydrogen-bond acceptors (Lipinski definition) is 6. The van der Waals surface area contributed by atoms with E-state index in [1.54, 1.807) is 42.5 Å². The Morgan fingerprint density at radius 3 is 2.09 bits per heavy atom. The highest BCUT2D eigenvalue weighted by Crippen LogP contribution is 2.31. The van der Waals surface area contributed by atoms with Crippen LogP contribution in [0.15, 0.2) is 77.6 Å². The van der Waals surface area contributed by atoms with E-state index in [0.717, 1.165) is 5.56 Å². The lowest BCUT2D eigenvalue weighted by Gasteiger charge is -2.17. The molecule has 0 bridgehead atoms. The molecule has 4 aromatic rings. The van der Waals surface area contributed by atoms with Gasteiger partial charge >= 0.3 is 5.97 Å². The second-order valence-electron chi connectivity index (χ2n) is 7.73. The third-order valence-electron chi connectivity index (χ3n) is 5.53. The normalized spacial score (nSPS) is 10.6. The third kappa shape index (κ3) is 4.86. The molecule has 1 amide bonds. The summed E-state index contributed by atoms with van der Waals surface area (Å²) >= 11 is 0. The molecule has 0 aliphatic heterocycles. The molecule has 178 valence electrons. The van der Waals surface area contributed by atoms with Crippen LogP contribution in [0.1, 0.15) is 10.5 Å². The lowest BCUT2D eigenvalue weighted by Crippen LogP contribution is -2.28. The van der Waals surface area contributed by atoms with Gasteiger partial charge in [0.05, 0.1) is 14.2 Å². The zero-order valence-corrected chi connectivity index (χ0v) is 19.5. The van der Waals surface area contributed by atoms with Crippen molar-refractivity contribution in [2.75, 3.05) is 26.1 Å². The first-order chi connectivity index (χ1) is 16.9. The highest BCUT2D eigenvalue weighted by Gasteiger charge is 2.23. The summed E-state index contributed by atoms with van der Waals surface area (Å²) in [7, 11) is 4.51. The Hall–Kier alpha value is -4.59. The number of nitrogens with zero attached hydrogens (tertiary/aromatic N) is 1. The van der Waals surface area contributed by atoms with E-state index in [4.69, 9.17) is 14.2 Å². The number of nitrogens with one attached hydrogen (secondary N) is 1. The molecule has 0 saturated carbocycles. The van der Waals surface area contributed by atoms with Crippen LogP contribution >= 0.6 is 0 Å². The van der Waals surface area contributed by atoms with Crippen LogP contribution in [-0.2, 0) is 16.6 Å². The molecular weight excluding hydrogens is 448 g/mol. The number of fused-ring (bicyclic) bond motifs is 1. The van der Waals surface area contributed by atoms with E-state index in [0.29, 0.717) is 33.5 Å². The molecule has 0 aliphatic rings. The average Bonchev–Trinajstić information content (AvgIpc) is 2.89. The summed E-state index contributed by atoms with van der Waals surface area (Å²) in [5, 5.41) is 3.76. The summed E-state index contributed by atoms with van der Waals surface area (Å²) in [6.07, 6.45) is 0. The zero-order chi connectivity index (χ0) is 24.9. The summed E-state index contributed by atoms with van der Waals surface area (Å²) < 4.78 is 17.0. The van der Waals surface area contributed by atoms with E-state index < -0.39 is 18.5 Å². The van der Waals surface area contributed by atoms with E-state index in [-0.39, 0.29) is 11.3 Å². The average molecular weight is 472 g/mol. The van der Waals surface area contributed by atoms with E-state index in [1.165, 1.54) is 25.8 Å². The first-order valence-corrected chi connectivity index (χ1v) is 10.8. The van der Waals surface area contributed by atoms with Crippen molar-refractivity contribution in [1.82, 2.24) is 4.57 Å². The van der Waals surface area contributed by atoms with Crippen LogP contribution in [0.25, 0.3) is 21.9 Å². The van der Waals surface area contributed by atoms with E-state index in [9.17, 15) is 14.4 Å². The van der Waals surface area contributed by atoms with Gasteiger partial charge in [-0.15, -0.1) is 0 Å². The summed E-state index contributed by atoms with van der Waals surface area (Å²) in [4.78, 5) is 38.7. The largest absolute Gasteiger partial charge is 0.497 e. The van der Waals surface area contributed by atoms with Crippen molar-refractivity contribution in [3.05, 3.63) is 88.8 Å². The van der Waals surface area contributed by atoms with Crippen molar-refractivity contribution in [3.8, 4) is 22.6 Å². The van der Waals surface area contributed by atoms with Gasteiger partial charge in [0.25, 0.3) is 11.5 Å². The second kappa shape index (κ2) is 10.1. The molecule has 1 N–H and O–H groups in total. The van der Waals surface area contributed by atoms with Crippen LogP contribution in [0, 0.1) is 0 Å². The highest BCUT2D eigenvalue weighted by atomic mass is 16.5. The topological polar surface area (TPSA) is 95.9 Å². The second-order valence-corrected chi connectivity index (χ2v) is 7.73. The van der Waals surface area contributed by atoms with Crippen molar-refractivity contribution < 1.29 is 23.8 Å². The first kappa shape index (κ1) is 23.6. The summed E-state index contributed by atoms with van der Waals surface area (Å²) in [6, 6.07) is 21.2. The molecule has 4 rings (SSSR count). The van der Waals surface area contributed by atoms with Crippen LogP contribution in [-0.4, -0.2) is 37.3 Å². The van der Waals surface area contributed by atoms with Gasteiger partial charge in [0, 0.05) is 41.9 Å². The Kier molecular flexibility index (Phi) is 6.82. The number of hydrogen-bond donors (Lipinski definition) is 1. The smallest absolute Gasteiger partial charge is 0.356 e. The molecule has 35 heavy (non-hydrogen) atoms. The van der Waals surface area contributed by atoms with Crippen LogP contribution in [0.4, 0.5) is 5.69 Å². The Morgan fingerprint density at radius 1 is 0.857 bits per heavy atom. The molecule has 0 spiro atoms. The molecule has 0 saturated heterocycles. The maximum absolute atomic E-state index is 13.2. The maximum atomic E-state index is 13.2. The molecule has 1 heterocycles. The number of anilines is 1. The molecule has 0 aliphatic carbocycles. The number of carbonyl (C=O) groups is 2. The number of pyridine rings is 1. The quantitative estimate of drug-likeness (QED) is 0.408. The maximum Gasteiger partial charge on any atom is 0.356 e. The Bertz CT molecular complexity index is 1440. The summed E-state index contributed by atoms with van der Waals surface area (Å²) in [5.41, 5.74) is 1.46. The predicted molar refractivity (Wildman–Crippen MR) is 133 cm³/mol. The molecule has 3 aromatic carbocycles. The number of carbonyl (C=O) groups excluding carboxylic acids is 2. The van der Waals surface area contributed by atoms with Crippen molar-refractivity contribution in [2.24, 2.45) is 7.05 Å². The standard InChI is InChI=1S/C27H24N2O6/c1-29-25(24(17-9-5-4-6-10-17)21-11-7-8-12-22(21)26(29)31)27(32)35-16-23(30)28-18-13-19(33-2)15-20(14-18)34-3/h4-15H,16H2,1-3H3,(H,28,30). The fraction of sp³-hybridized carbons (Fsp3) is 0.148.